The molecule has 4 rings (SSSR count). The van der Waals surface area contributed by atoms with Gasteiger partial charge in [0.25, 0.3) is 11.1 Å². The largest absolute Gasteiger partial charge is 0.462 e. The molecule has 1 amide bonds. The van der Waals surface area contributed by atoms with E-state index < -0.39 is 0 Å². The Balaban J connectivity index is 1.42. The molecular formula is C19H18ClN3O4S3. The van der Waals surface area contributed by atoms with Gasteiger partial charge in [0.15, 0.2) is 0 Å². The van der Waals surface area contributed by atoms with Crippen LogP contribution in [0.4, 0.5) is 5.00 Å². The van der Waals surface area contributed by atoms with Gasteiger partial charge in [0, 0.05) is 4.88 Å². The predicted octanol–water partition coefficient (Wildman–Crippen LogP) is 5.30. The number of thiophene rings is 2. The van der Waals surface area contributed by atoms with E-state index in [4.69, 9.17) is 20.8 Å². The highest BCUT2D eigenvalue weighted by Crippen LogP contribution is 2.39. The third kappa shape index (κ3) is 4.72. The standard InChI is InChI=1S/C19H18ClN3O4S3/c1-2-26-18(25)15-10-5-3-4-6-11(10)30-17(15)21-14(24)9-28-19-23-22-16(27-19)12-7-8-13(20)29-12/h7-8H,2-6,9H2,1H3,(H,21,24). The van der Waals surface area contributed by atoms with Crippen molar-refractivity contribution in [2.24, 2.45) is 0 Å². The number of esters is 1. The van der Waals surface area contributed by atoms with Gasteiger partial charge >= 0.3 is 5.97 Å². The molecule has 0 saturated heterocycles. The smallest absolute Gasteiger partial charge is 0.341 e. The second-order valence-electron chi connectivity index (χ2n) is 6.45. The lowest BCUT2D eigenvalue weighted by molar-refractivity contribution is -0.113. The summed E-state index contributed by atoms with van der Waals surface area (Å²) in [6.45, 7) is 2.07. The molecule has 0 aliphatic heterocycles. The Hall–Kier alpha value is -1.88. The van der Waals surface area contributed by atoms with Gasteiger partial charge in [-0.05, 0) is 50.3 Å². The minimum Gasteiger partial charge on any atom is -0.462 e. The summed E-state index contributed by atoms with van der Waals surface area (Å²) in [6, 6.07) is 3.56. The minimum absolute atomic E-state index is 0.0810. The van der Waals surface area contributed by atoms with Crippen molar-refractivity contribution in [2.45, 2.75) is 37.8 Å². The number of carbonyl (C=O) groups excluding carboxylic acids is 2. The van der Waals surface area contributed by atoms with E-state index in [1.165, 1.54) is 22.7 Å². The van der Waals surface area contributed by atoms with Crippen LogP contribution in [0.15, 0.2) is 21.8 Å². The van der Waals surface area contributed by atoms with Crippen molar-refractivity contribution in [1.82, 2.24) is 10.2 Å². The number of ether oxygens (including phenoxy) is 1. The SMILES string of the molecule is CCOC(=O)c1c(NC(=O)CSc2nnc(-c3ccc(Cl)s3)o2)sc2c1CCCC2. The second-order valence-corrected chi connectivity index (χ2v) is 10.2. The average Bonchev–Trinajstić information content (AvgIpc) is 3.44. The maximum atomic E-state index is 12.5. The third-order valence-electron chi connectivity index (χ3n) is 4.42. The third-order valence-corrected chi connectivity index (χ3v) is 7.67. The Morgan fingerprint density at radius 3 is 2.87 bits per heavy atom. The topological polar surface area (TPSA) is 94.3 Å². The number of nitrogens with one attached hydrogen (secondary N) is 1. The lowest BCUT2D eigenvalue weighted by Crippen LogP contribution is -2.17. The predicted molar refractivity (Wildman–Crippen MR) is 119 cm³/mol. The number of aryl methyl sites for hydroxylation is 1. The van der Waals surface area contributed by atoms with E-state index >= 15 is 0 Å². The summed E-state index contributed by atoms with van der Waals surface area (Å²) in [5, 5.41) is 11.7. The van der Waals surface area contributed by atoms with Crippen molar-refractivity contribution in [3.63, 3.8) is 0 Å². The van der Waals surface area contributed by atoms with Gasteiger partial charge < -0.3 is 14.5 Å². The summed E-state index contributed by atoms with van der Waals surface area (Å²) in [5.74, 6) is -0.179. The number of halogens is 1. The minimum atomic E-state index is -0.379. The molecule has 11 heteroatoms. The molecule has 0 atom stereocenters. The molecule has 7 nitrogen and oxygen atoms in total. The quantitative estimate of drug-likeness (QED) is 0.360. The second kappa shape index (κ2) is 9.51. The molecule has 3 heterocycles. The van der Waals surface area contributed by atoms with E-state index in [9.17, 15) is 9.59 Å². The van der Waals surface area contributed by atoms with E-state index in [0.717, 1.165) is 52.8 Å². The monoisotopic (exact) mass is 483 g/mol. The normalized spacial score (nSPS) is 13.1. The fourth-order valence-electron chi connectivity index (χ4n) is 3.16. The lowest BCUT2D eigenvalue weighted by atomic mass is 9.95. The van der Waals surface area contributed by atoms with Gasteiger partial charge in [0.1, 0.15) is 5.00 Å². The van der Waals surface area contributed by atoms with Crippen LogP contribution in [-0.4, -0.2) is 34.4 Å². The maximum absolute atomic E-state index is 12.5. The number of hydrogen-bond donors (Lipinski definition) is 1. The van der Waals surface area contributed by atoms with Gasteiger partial charge in [-0.2, -0.15) is 0 Å². The Morgan fingerprint density at radius 1 is 1.27 bits per heavy atom. The zero-order valence-electron chi connectivity index (χ0n) is 16.0. The van der Waals surface area contributed by atoms with Crippen molar-refractivity contribution in [1.29, 1.82) is 0 Å². The number of nitrogens with zero attached hydrogens (tertiary/aromatic N) is 2. The van der Waals surface area contributed by atoms with Crippen molar-refractivity contribution < 1.29 is 18.7 Å². The van der Waals surface area contributed by atoms with E-state index in [-0.39, 0.29) is 17.6 Å². The number of rotatable bonds is 7. The van der Waals surface area contributed by atoms with Gasteiger partial charge in [-0.25, -0.2) is 4.79 Å². The van der Waals surface area contributed by atoms with Crippen LogP contribution in [0.5, 0.6) is 0 Å². The number of hydrogen-bond acceptors (Lipinski definition) is 9. The molecule has 0 unspecified atom stereocenters. The summed E-state index contributed by atoms with van der Waals surface area (Å²) < 4.78 is 11.4. The molecule has 1 aliphatic rings. The van der Waals surface area contributed by atoms with Gasteiger partial charge in [-0.3, -0.25) is 4.79 Å². The van der Waals surface area contributed by atoms with Crippen molar-refractivity contribution in [3.8, 4) is 10.8 Å². The fourth-order valence-corrected chi connectivity index (χ4v) is 5.98. The lowest BCUT2D eigenvalue weighted by Gasteiger charge is -2.12. The van der Waals surface area contributed by atoms with E-state index in [0.29, 0.717) is 32.6 Å². The number of carbonyl (C=O) groups is 2. The van der Waals surface area contributed by atoms with E-state index in [2.05, 4.69) is 15.5 Å². The Kier molecular flexibility index (Phi) is 6.77. The van der Waals surface area contributed by atoms with Crippen LogP contribution in [0.25, 0.3) is 10.8 Å². The molecule has 158 valence electrons. The Morgan fingerprint density at radius 2 is 2.10 bits per heavy atom. The van der Waals surface area contributed by atoms with Crippen LogP contribution >= 0.6 is 46.0 Å². The summed E-state index contributed by atoms with van der Waals surface area (Å²) >= 11 is 9.87. The van der Waals surface area contributed by atoms with Crippen molar-refractivity contribution >= 4 is 62.9 Å². The molecule has 0 radical (unpaired) electrons. The molecule has 3 aromatic heterocycles. The highest BCUT2D eigenvalue weighted by atomic mass is 35.5. The van der Waals surface area contributed by atoms with Crippen molar-refractivity contribution in [3.05, 3.63) is 32.5 Å². The van der Waals surface area contributed by atoms with Gasteiger partial charge in [0.05, 0.1) is 27.1 Å². The molecule has 3 aromatic rings. The van der Waals surface area contributed by atoms with Crippen LogP contribution in [0.3, 0.4) is 0 Å². The first-order chi connectivity index (χ1) is 14.5. The highest BCUT2D eigenvalue weighted by Gasteiger charge is 2.27. The van der Waals surface area contributed by atoms with Crippen molar-refractivity contribution in [2.75, 3.05) is 17.7 Å². The molecule has 0 saturated carbocycles. The maximum Gasteiger partial charge on any atom is 0.341 e. The Bertz CT molecular complexity index is 1080. The van der Waals surface area contributed by atoms with Gasteiger partial charge in [-0.15, -0.1) is 32.9 Å². The molecule has 0 aromatic carbocycles. The molecule has 0 bridgehead atoms. The summed E-state index contributed by atoms with van der Waals surface area (Å²) in [5.41, 5.74) is 1.52. The highest BCUT2D eigenvalue weighted by molar-refractivity contribution is 7.99. The molecule has 0 fully saturated rings. The molecule has 1 aliphatic carbocycles. The van der Waals surface area contributed by atoms with E-state index in [1.807, 2.05) is 0 Å². The molecular weight excluding hydrogens is 466 g/mol. The number of fused-ring (bicyclic) bond motifs is 1. The molecule has 30 heavy (non-hydrogen) atoms. The number of aromatic nitrogens is 2. The summed E-state index contributed by atoms with van der Waals surface area (Å²) in [4.78, 5) is 26.9. The van der Waals surface area contributed by atoms with Gasteiger partial charge in [-0.1, -0.05) is 23.4 Å². The fraction of sp³-hybridized carbons (Fsp3) is 0.368. The van der Waals surface area contributed by atoms with E-state index in [1.54, 1.807) is 19.1 Å². The zero-order chi connectivity index (χ0) is 21.1. The average molecular weight is 484 g/mol. The molecule has 1 N–H and O–H groups in total. The molecule has 0 spiro atoms. The van der Waals surface area contributed by atoms with Crippen LogP contribution in [0, 0.1) is 0 Å². The number of amides is 1. The Labute approximate surface area is 190 Å². The van der Waals surface area contributed by atoms with Crippen LogP contribution in [0.2, 0.25) is 4.34 Å². The first-order valence-corrected chi connectivity index (χ1v) is 12.4. The first kappa shape index (κ1) is 21.4. The number of anilines is 1. The first-order valence-electron chi connectivity index (χ1n) is 9.38. The number of thioether (sulfide) groups is 1. The van der Waals surface area contributed by atoms with Crippen LogP contribution < -0.4 is 5.32 Å². The van der Waals surface area contributed by atoms with Gasteiger partial charge in [0.2, 0.25) is 5.91 Å². The van der Waals surface area contributed by atoms with Crippen LogP contribution in [0.1, 0.15) is 40.6 Å². The summed E-state index contributed by atoms with van der Waals surface area (Å²) in [7, 11) is 0. The van der Waals surface area contributed by atoms with Crippen LogP contribution in [-0.2, 0) is 22.4 Å². The summed E-state index contributed by atoms with van der Waals surface area (Å²) in [6.07, 6.45) is 3.89. The zero-order valence-corrected chi connectivity index (χ0v) is 19.2.